The molecule has 1 nitrogen and oxygen atoms in total. The van der Waals surface area contributed by atoms with E-state index in [-0.39, 0.29) is 0 Å². The molecule has 3 aliphatic rings. The maximum absolute atomic E-state index is 2.72. The lowest BCUT2D eigenvalue weighted by Gasteiger charge is -2.30. The van der Waals surface area contributed by atoms with Crippen LogP contribution in [0, 0.1) is 0 Å². The lowest BCUT2D eigenvalue weighted by molar-refractivity contribution is 0.243. The van der Waals surface area contributed by atoms with E-state index in [1.54, 1.807) is 22.3 Å². The second-order valence-corrected chi connectivity index (χ2v) is 7.13. The molecule has 0 amide bonds. The van der Waals surface area contributed by atoms with Gasteiger partial charge in [-0.05, 0) is 66.2 Å². The Bertz CT molecular complexity index is 495. The third-order valence-corrected chi connectivity index (χ3v) is 5.15. The molecule has 1 aromatic rings. The fraction of sp³-hybridized carbons (Fsp3) is 0.667. The van der Waals surface area contributed by atoms with Crippen molar-refractivity contribution < 1.29 is 0 Å². The van der Waals surface area contributed by atoms with Gasteiger partial charge in [-0.25, -0.2) is 0 Å². The van der Waals surface area contributed by atoms with Gasteiger partial charge in [0.05, 0.1) is 0 Å². The molecular weight excluding hydrogens is 230 g/mol. The molecule has 19 heavy (non-hydrogen) atoms. The van der Waals surface area contributed by atoms with Gasteiger partial charge in [0.15, 0.2) is 0 Å². The van der Waals surface area contributed by atoms with Gasteiger partial charge in [0.25, 0.3) is 0 Å². The first-order valence-electron chi connectivity index (χ1n) is 8.12. The fourth-order valence-electron chi connectivity index (χ4n) is 3.67. The van der Waals surface area contributed by atoms with Gasteiger partial charge in [0.1, 0.15) is 0 Å². The van der Waals surface area contributed by atoms with Crippen LogP contribution in [0.4, 0.5) is 0 Å². The summed E-state index contributed by atoms with van der Waals surface area (Å²) in [5, 5.41) is 0. The highest BCUT2D eigenvalue weighted by Crippen LogP contribution is 2.45. The summed E-state index contributed by atoms with van der Waals surface area (Å²) in [6.07, 6.45) is 7.00. The van der Waals surface area contributed by atoms with E-state index in [2.05, 4.69) is 30.9 Å². The molecule has 0 atom stereocenters. The molecule has 1 aliphatic heterocycles. The highest BCUT2D eigenvalue weighted by atomic mass is 15.2. The van der Waals surface area contributed by atoms with Crippen molar-refractivity contribution in [1.29, 1.82) is 0 Å². The summed E-state index contributed by atoms with van der Waals surface area (Å²) < 4.78 is 0. The predicted molar refractivity (Wildman–Crippen MR) is 79.6 cm³/mol. The number of benzene rings is 1. The Balaban J connectivity index is 1.70. The average Bonchev–Trinajstić information content (AvgIpc) is 3.29. The van der Waals surface area contributed by atoms with E-state index in [9.17, 15) is 0 Å². The summed E-state index contributed by atoms with van der Waals surface area (Å²) in [4.78, 5) is 2.72. The van der Waals surface area contributed by atoms with Crippen LogP contribution < -0.4 is 0 Å². The summed E-state index contributed by atoms with van der Waals surface area (Å²) in [6.45, 7) is 7.22. The van der Waals surface area contributed by atoms with E-state index in [1.165, 1.54) is 45.2 Å². The first-order chi connectivity index (χ1) is 9.22. The molecule has 2 aliphatic carbocycles. The van der Waals surface area contributed by atoms with Crippen LogP contribution in [0.25, 0.3) is 0 Å². The van der Waals surface area contributed by atoms with Gasteiger partial charge in [0, 0.05) is 19.1 Å². The molecule has 2 fully saturated rings. The molecule has 0 spiro atoms. The molecule has 0 unspecified atom stereocenters. The van der Waals surface area contributed by atoms with Crippen LogP contribution in [0.2, 0.25) is 0 Å². The Kier molecular flexibility index (Phi) is 2.73. The molecular formula is C18H25N. The van der Waals surface area contributed by atoms with Gasteiger partial charge in [0.2, 0.25) is 0 Å². The van der Waals surface area contributed by atoms with Gasteiger partial charge in [-0.15, -0.1) is 0 Å². The van der Waals surface area contributed by atoms with Crippen molar-refractivity contribution in [3.8, 4) is 0 Å². The Morgan fingerprint density at radius 2 is 1.84 bits per heavy atom. The highest BCUT2D eigenvalue weighted by molar-refractivity contribution is 5.44. The minimum Gasteiger partial charge on any atom is -0.296 e. The quantitative estimate of drug-likeness (QED) is 0.782. The van der Waals surface area contributed by atoms with Gasteiger partial charge < -0.3 is 0 Å². The van der Waals surface area contributed by atoms with Crippen LogP contribution in [0.15, 0.2) is 12.1 Å². The van der Waals surface area contributed by atoms with Crippen LogP contribution >= 0.6 is 0 Å². The molecule has 102 valence electrons. The van der Waals surface area contributed by atoms with Crippen molar-refractivity contribution in [2.45, 2.75) is 70.4 Å². The molecule has 1 heteroatoms. The Labute approximate surface area is 117 Å². The molecule has 0 aromatic heterocycles. The van der Waals surface area contributed by atoms with Crippen molar-refractivity contribution in [3.05, 3.63) is 34.4 Å². The zero-order chi connectivity index (χ0) is 13.0. The van der Waals surface area contributed by atoms with E-state index < -0.39 is 0 Å². The van der Waals surface area contributed by atoms with Crippen molar-refractivity contribution >= 4 is 0 Å². The molecule has 2 saturated carbocycles. The lowest BCUT2D eigenvalue weighted by Crippen LogP contribution is -2.32. The van der Waals surface area contributed by atoms with Crippen LogP contribution in [0.1, 0.15) is 73.6 Å². The average molecular weight is 255 g/mol. The summed E-state index contributed by atoms with van der Waals surface area (Å²) in [5.74, 6) is 1.57. The van der Waals surface area contributed by atoms with Crippen molar-refractivity contribution in [1.82, 2.24) is 4.90 Å². The van der Waals surface area contributed by atoms with E-state index >= 15 is 0 Å². The number of hydrogen-bond acceptors (Lipinski definition) is 1. The fourth-order valence-corrected chi connectivity index (χ4v) is 3.67. The van der Waals surface area contributed by atoms with Crippen molar-refractivity contribution in [3.63, 3.8) is 0 Å². The van der Waals surface area contributed by atoms with Gasteiger partial charge in [-0.2, -0.15) is 0 Å². The topological polar surface area (TPSA) is 3.24 Å². The number of nitrogens with zero attached hydrogens (tertiary/aromatic N) is 1. The maximum atomic E-state index is 2.72. The molecule has 0 radical (unpaired) electrons. The normalized spacial score (nSPS) is 23.7. The van der Waals surface area contributed by atoms with Crippen LogP contribution in [0.5, 0.6) is 0 Å². The SMILES string of the molecule is CC(C)c1cc2c(cc1C1CC1)CN(C1CC1)CC2. The van der Waals surface area contributed by atoms with Gasteiger partial charge in [-0.3, -0.25) is 4.90 Å². The predicted octanol–water partition coefficient (Wildman–Crippen LogP) is 4.21. The third-order valence-electron chi connectivity index (χ3n) is 5.15. The van der Waals surface area contributed by atoms with Crippen LogP contribution in [-0.2, 0) is 13.0 Å². The second kappa shape index (κ2) is 4.34. The Morgan fingerprint density at radius 1 is 1.05 bits per heavy atom. The number of rotatable bonds is 3. The van der Waals surface area contributed by atoms with Crippen molar-refractivity contribution in [2.24, 2.45) is 0 Å². The minimum absolute atomic E-state index is 0.683. The summed E-state index contributed by atoms with van der Waals surface area (Å²) in [7, 11) is 0. The van der Waals surface area contributed by atoms with E-state index in [4.69, 9.17) is 0 Å². The zero-order valence-corrected chi connectivity index (χ0v) is 12.3. The first-order valence-corrected chi connectivity index (χ1v) is 8.12. The summed E-state index contributed by atoms with van der Waals surface area (Å²) in [5.41, 5.74) is 6.61. The summed E-state index contributed by atoms with van der Waals surface area (Å²) >= 11 is 0. The van der Waals surface area contributed by atoms with Crippen LogP contribution in [0.3, 0.4) is 0 Å². The lowest BCUT2D eigenvalue weighted by atomic mass is 9.87. The largest absolute Gasteiger partial charge is 0.296 e. The van der Waals surface area contributed by atoms with Crippen molar-refractivity contribution in [2.75, 3.05) is 6.54 Å². The second-order valence-electron chi connectivity index (χ2n) is 7.13. The van der Waals surface area contributed by atoms with Crippen LogP contribution in [-0.4, -0.2) is 17.5 Å². The monoisotopic (exact) mass is 255 g/mol. The van der Waals surface area contributed by atoms with Gasteiger partial charge >= 0.3 is 0 Å². The zero-order valence-electron chi connectivity index (χ0n) is 12.3. The molecule has 0 bridgehead atoms. The minimum atomic E-state index is 0.683. The highest BCUT2D eigenvalue weighted by Gasteiger charge is 2.33. The smallest absolute Gasteiger partial charge is 0.0239 e. The molecule has 0 N–H and O–H groups in total. The van der Waals surface area contributed by atoms with E-state index in [1.807, 2.05) is 0 Å². The summed E-state index contributed by atoms with van der Waals surface area (Å²) in [6, 6.07) is 6.05. The first kappa shape index (κ1) is 12.0. The molecule has 4 rings (SSSR count). The van der Waals surface area contributed by atoms with E-state index in [0.29, 0.717) is 5.92 Å². The number of fused-ring (bicyclic) bond motifs is 1. The Morgan fingerprint density at radius 3 is 2.47 bits per heavy atom. The van der Waals surface area contributed by atoms with Gasteiger partial charge in [-0.1, -0.05) is 26.0 Å². The molecule has 0 saturated heterocycles. The van der Waals surface area contributed by atoms with E-state index in [0.717, 1.165) is 12.0 Å². The number of hydrogen-bond donors (Lipinski definition) is 0. The third kappa shape index (κ3) is 2.23. The maximum Gasteiger partial charge on any atom is 0.0239 e. The molecule has 1 aromatic carbocycles. The standard InChI is InChI=1S/C18H25N/c1-12(2)17-9-14-7-8-19(16-5-6-16)11-15(14)10-18(17)13-3-4-13/h9-10,12-13,16H,3-8,11H2,1-2H3. The molecule has 1 heterocycles. The Hall–Kier alpha value is -0.820.